The van der Waals surface area contributed by atoms with Crippen molar-refractivity contribution in [3.63, 3.8) is 0 Å². The molecule has 0 aliphatic carbocycles. The first-order valence-electron chi connectivity index (χ1n) is 5.77. The molecule has 2 nitrogen and oxygen atoms in total. The van der Waals surface area contributed by atoms with Crippen LogP contribution >= 0.6 is 23.1 Å². The summed E-state index contributed by atoms with van der Waals surface area (Å²) in [5, 5.41) is 3.83. The van der Waals surface area contributed by atoms with Crippen LogP contribution in [0, 0.1) is 5.82 Å². The molecule has 18 heavy (non-hydrogen) atoms. The first-order chi connectivity index (χ1) is 8.76. The van der Waals surface area contributed by atoms with E-state index in [4.69, 9.17) is 0 Å². The molecule has 0 radical (unpaired) electrons. The topological polar surface area (TPSA) is 24.9 Å². The monoisotopic (exact) mass is 282 g/mol. The second kappa shape index (κ2) is 6.31. The zero-order chi connectivity index (χ0) is 13.0. The molecule has 5 heteroatoms. The standard InChI is InChI=1S/C13H15FN2S2/c1-3-17-11-6-4-5-10(14)12(11)13-16-8-9(18-13)7-15-2/h4-6,8,15H,3,7H2,1-2H3. The van der Waals surface area contributed by atoms with Crippen LogP contribution in [0.3, 0.4) is 0 Å². The van der Waals surface area contributed by atoms with Crippen molar-refractivity contribution in [3.8, 4) is 10.6 Å². The van der Waals surface area contributed by atoms with Gasteiger partial charge in [0.1, 0.15) is 10.8 Å². The van der Waals surface area contributed by atoms with E-state index < -0.39 is 0 Å². The number of hydrogen-bond acceptors (Lipinski definition) is 4. The van der Waals surface area contributed by atoms with Gasteiger partial charge in [-0.25, -0.2) is 9.37 Å². The predicted octanol–water partition coefficient (Wildman–Crippen LogP) is 3.78. The number of aromatic nitrogens is 1. The SMILES string of the molecule is CCSc1cccc(F)c1-c1ncc(CNC)s1. The van der Waals surface area contributed by atoms with Crippen molar-refractivity contribution in [1.82, 2.24) is 10.3 Å². The third-order valence-electron chi connectivity index (χ3n) is 2.39. The third-order valence-corrected chi connectivity index (χ3v) is 4.35. The summed E-state index contributed by atoms with van der Waals surface area (Å²) in [6.45, 7) is 2.83. The van der Waals surface area contributed by atoms with Crippen molar-refractivity contribution in [2.24, 2.45) is 0 Å². The first kappa shape index (κ1) is 13.5. The lowest BCUT2D eigenvalue weighted by atomic mass is 10.2. The normalized spacial score (nSPS) is 10.8. The summed E-state index contributed by atoms with van der Waals surface area (Å²) in [6, 6.07) is 5.19. The lowest BCUT2D eigenvalue weighted by molar-refractivity contribution is 0.628. The maximum absolute atomic E-state index is 14.0. The highest BCUT2D eigenvalue weighted by Gasteiger charge is 2.14. The molecule has 0 amide bonds. The fourth-order valence-electron chi connectivity index (χ4n) is 1.67. The van der Waals surface area contributed by atoms with Crippen LogP contribution < -0.4 is 5.32 Å². The second-order valence-corrected chi connectivity index (χ2v) is 6.13. The molecule has 0 saturated heterocycles. The number of halogens is 1. The molecule has 0 fully saturated rings. The Morgan fingerprint density at radius 3 is 3.00 bits per heavy atom. The Balaban J connectivity index is 2.41. The third kappa shape index (κ3) is 2.91. The van der Waals surface area contributed by atoms with Crippen LogP contribution in [0.5, 0.6) is 0 Å². The number of hydrogen-bond donors (Lipinski definition) is 1. The molecule has 0 bridgehead atoms. The van der Waals surface area contributed by atoms with Crippen molar-refractivity contribution in [2.45, 2.75) is 18.4 Å². The second-order valence-electron chi connectivity index (χ2n) is 3.71. The van der Waals surface area contributed by atoms with E-state index in [9.17, 15) is 4.39 Å². The molecule has 0 unspecified atom stereocenters. The number of benzene rings is 1. The minimum atomic E-state index is -0.196. The molecular weight excluding hydrogens is 267 g/mol. The molecule has 0 aliphatic rings. The number of thiazole rings is 1. The maximum atomic E-state index is 14.0. The molecule has 0 spiro atoms. The predicted molar refractivity (Wildman–Crippen MR) is 76.7 cm³/mol. The van der Waals surface area contributed by atoms with Crippen LogP contribution in [0.25, 0.3) is 10.6 Å². The van der Waals surface area contributed by atoms with Crippen LogP contribution in [-0.2, 0) is 6.54 Å². The lowest BCUT2D eigenvalue weighted by Gasteiger charge is -2.06. The molecule has 1 heterocycles. The van der Waals surface area contributed by atoms with Gasteiger partial charge in [0, 0.05) is 22.5 Å². The molecule has 2 rings (SSSR count). The summed E-state index contributed by atoms with van der Waals surface area (Å²) < 4.78 is 14.0. The highest BCUT2D eigenvalue weighted by Crippen LogP contribution is 2.35. The largest absolute Gasteiger partial charge is 0.315 e. The van der Waals surface area contributed by atoms with E-state index in [1.54, 1.807) is 17.8 Å². The van der Waals surface area contributed by atoms with Crippen LogP contribution in [0.4, 0.5) is 4.39 Å². The molecule has 1 N–H and O–H groups in total. The average molecular weight is 282 g/mol. The van der Waals surface area contributed by atoms with Gasteiger partial charge in [-0.15, -0.1) is 23.1 Å². The Morgan fingerprint density at radius 2 is 2.28 bits per heavy atom. The van der Waals surface area contributed by atoms with Crippen molar-refractivity contribution in [2.75, 3.05) is 12.8 Å². The van der Waals surface area contributed by atoms with Crippen molar-refractivity contribution in [1.29, 1.82) is 0 Å². The van der Waals surface area contributed by atoms with E-state index in [-0.39, 0.29) is 5.82 Å². The van der Waals surface area contributed by atoms with Gasteiger partial charge in [-0.05, 0) is 24.9 Å². The highest BCUT2D eigenvalue weighted by molar-refractivity contribution is 7.99. The molecule has 2 aromatic rings. The summed E-state index contributed by atoms with van der Waals surface area (Å²) in [7, 11) is 1.89. The molecule has 1 aromatic heterocycles. The molecule has 0 aliphatic heterocycles. The van der Waals surface area contributed by atoms with Gasteiger partial charge >= 0.3 is 0 Å². The van der Waals surface area contributed by atoms with E-state index >= 15 is 0 Å². The number of nitrogens with one attached hydrogen (secondary N) is 1. The van der Waals surface area contributed by atoms with E-state index in [0.29, 0.717) is 5.56 Å². The van der Waals surface area contributed by atoms with Gasteiger partial charge in [-0.1, -0.05) is 13.0 Å². The average Bonchev–Trinajstić information content (AvgIpc) is 2.78. The molecule has 96 valence electrons. The van der Waals surface area contributed by atoms with E-state index in [1.165, 1.54) is 17.4 Å². The number of thioether (sulfide) groups is 1. The summed E-state index contributed by atoms with van der Waals surface area (Å²) in [5.74, 6) is 0.726. The quantitative estimate of drug-likeness (QED) is 0.845. The number of rotatable bonds is 5. The van der Waals surface area contributed by atoms with Crippen molar-refractivity contribution >= 4 is 23.1 Å². The number of nitrogens with zero attached hydrogens (tertiary/aromatic N) is 1. The van der Waals surface area contributed by atoms with Gasteiger partial charge in [0.25, 0.3) is 0 Å². The Kier molecular flexibility index (Phi) is 4.74. The van der Waals surface area contributed by atoms with Gasteiger partial charge in [0.15, 0.2) is 0 Å². The fourth-order valence-corrected chi connectivity index (χ4v) is 3.54. The van der Waals surface area contributed by atoms with Gasteiger partial charge in [-0.3, -0.25) is 0 Å². The zero-order valence-corrected chi connectivity index (χ0v) is 12.0. The van der Waals surface area contributed by atoms with Crippen LogP contribution in [0.2, 0.25) is 0 Å². The Labute approximate surface area is 115 Å². The van der Waals surface area contributed by atoms with Crippen LogP contribution in [0.15, 0.2) is 29.3 Å². The van der Waals surface area contributed by atoms with Crippen molar-refractivity contribution in [3.05, 3.63) is 35.1 Å². The van der Waals surface area contributed by atoms with Gasteiger partial charge in [-0.2, -0.15) is 0 Å². The maximum Gasteiger partial charge on any atom is 0.134 e. The summed E-state index contributed by atoms with van der Waals surface area (Å²) >= 11 is 3.18. The van der Waals surface area contributed by atoms with Crippen LogP contribution in [0.1, 0.15) is 11.8 Å². The van der Waals surface area contributed by atoms with Gasteiger partial charge in [0.2, 0.25) is 0 Å². The first-order valence-corrected chi connectivity index (χ1v) is 7.57. The van der Waals surface area contributed by atoms with E-state index in [0.717, 1.165) is 27.1 Å². The summed E-state index contributed by atoms with van der Waals surface area (Å²) in [4.78, 5) is 6.41. The van der Waals surface area contributed by atoms with Crippen LogP contribution in [-0.4, -0.2) is 17.8 Å². The summed E-state index contributed by atoms with van der Waals surface area (Å²) in [5.41, 5.74) is 0.636. The molecule has 1 aromatic carbocycles. The fraction of sp³-hybridized carbons (Fsp3) is 0.308. The molecule has 0 atom stereocenters. The lowest BCUT2D eigenvalue weighted by Crippen LogP contribution is -2.02. The van der Waals surface area contributed by atoms with Gasteiger partial charge in [0.05, 0.1) is 5.56 Å². The Hall–Kier alpha value is -0.910. The minimum Gasteiger partial charge on any atom is -0.315 e. The Bertz CT molecular complexity index is 525. The molecular formula is C13H15FN2S2. The summed E-state index contributed by atoms with van der Waals surface area (Å²) in [6.07, 6.45) is 1.81. The smallest absolute Gasteiger partial charge is 0.134 e. The highest BCUT2D eigenvalue weighted by atomic mass is 32.2. The van der Waals surface area contributed by atoms with E-state index in [2.05, 4.69) is 17.2 Å². The van der Waals surface area contributed by atoms with Crippen molar-refractivity contribution < 1.29 is 4.39 Å². The minimum absolute atomic E-state index is 0.196. The Morgan fingerprint density at radius 1 is 1.44 bits per heavy atom. The van der Waals surface area contributed by atoms with E-state index in [1.807, 2.05) is 19.3 Å². The van der Waals surface area contributed by atoms with Gasteiger partial charge < -0.3 is 5.32 Å². The molecule has 0 saturated carbocycles. The zero-order valence-electron chi connectivity index (χ0n) is 10.4.